The molecule has 1 unspecified atom stereocenters. The first kappa shape index (κ1) is 21.3. The molecule has 0 saturated heterocycles. The number of carbonyl (C=O) groups is 2. The van der Waals surface area contributed by atoms with Gasteiger partial charge in [0.25, 0.3) is 11.8 Å². The number of nitrogens with one attached hydrogen (secondary N) is 2. The van der Waals surface area contributed by atoms with E-state index in [0.29, 0.717) is 25.3 Å². The van der Waals surface area contributed by atoms with Crippen LogP contribution in [0.2, 0.25) is 0 Å². The van der Waals surface area contributed by atoms with Crippen LogP contribution in [0.4, 0.5) is 0 Å². The number of pyridine rings is 1. The number of aromatic nitrogens is 1. The zero-order valence-corrected chi connectivity index (χ0v) is 16.0. The van der Waals surface area contributed by atoms with Gasteiger partial charge in [0.05, 0.1) is 26.4 Å². The van der Waals surface area contributed by atoms with Crippen molar-refractivity contribution >= 4 is 11.8 Å². The fraction of sp³-hybridized carbons (Fsp3) is 0.350. The molecular formula is C20H25N3O5. The average Bonchev–Trinajstić information content (AvgIpc) is 2.72. The number of carbonyl (C=O) groups excluding carboxylic acids is 2. The maximum absolute atomic E-state index is 12.2. The average molecular weight is 387 g/mol. The van der Waals surface area contributed by atoms with E-state index < -0.39 is 12.0 Å². The summed E-state index contributed by atoms with van der Waals surface area (Å²) in [5.41, 5.74) is 1.45. The molecule has 150 valence electrons. The van der Waals surface area contributed by atoms with Crippen molar-refractivity contribution in [2.75, 3.05) is 26.8 Å². The summed E-state index contributed by atoms with van der Waals surface area (Å²) in [6, 6.07) is 10.5. The summed E-state index contributed by atoms with van der Waals surface area (Å²) in [7, 11) is 1.61. The van der Waals surface area contributed by atoms with Gasteiger partial charge >= 0.3 is 0 Å². The lowest BCUT2D eigenvalue weighted by atomic mass is 10.2. The molecule has 0 bridgehead atoms. The van der Waals surface area contributed by atoms with Crippen LogP contribution in [0.25, 0.3) is 0 Å². The number of amides is 2. The van der Waals surface area contributed by atoms with Crippen LogP contribution in [-0.4, -0.2) is 54.8 Å². The molecule has 1 aromatic heterocycles. The second-order valence-corrected chi connectivity index (χ2v) is 6.15. The lowest BCUT2D eigenvalue weighted by molar-refractivity contribution is 0.0900. The molecule has 8 nitrogen and oxygen atoms in total. The van der Waals surface area contributed by atoms with Crippen molar-refractivity contribution in [2.45, 2.75) is 19.6 Å². The highest BCUT2D eigenvalue weighted by molar-refractivity contribution is 5.98. The van der Waals surface area contributed by atoms with Gasteiger partial charge in [-0.05, 0) is 36.8 Å². The highest BCUT2D eigenvalue weighted by atomic mass is 16.5. The second kappa shape index (κ2) is 11.0. The van der Waals surface area contributed by atoms with Crippen molar-refractivity contribution in [3.05, 3.63) is 59.4 Å². The first-order valence-corrected chi connectivity index (χ1v) is 8.90. The van der Waals surface area contributed by atoms with E-state index in [0.717, 1.165) is 11.3 Å². The number of aliphatic hydroxyl groups is 1. The Morgan fingerprint density at radius 3 is 2.57 bits per heavy atom. The maximum Gasteiger partial charge on any atom is 0.269 e. The summed E-state index contributed by atoms with van der Waals surface area (Å²) < 4.78 is 10.6. The Bertz CT molecular complexity index is 778. The van der Waals surface area contributed by atoms with Gasteiger partial charge in [-0.2, -0.15) is 0 Å². The summed E-state index contributed by atoms with van der Waals surface area (Å²) in [5, 5.41) is 14.5. The third-order valence-corrected chi connectivity index (χ3v) is 3.77. The molecule has 2 amide bonds. The highest BCUT2D eigenvalue weighted by Gasteiger charge is 2.12. The van der Waals surface area contributed by atoms with E-state index in [2.05, 4.69) is 15.6 Å². The highest BCUT2D eigenvalue weighted by Crippen LogP contribution is 2.11. The third kappa shape index (κ3) is 6.98. The van der Waals surface area contributed by atoms with Gasteiger partial charge in [0.1, 0.15) is 11.4 Å². The van der Waals surface area contributed by atoms with E-state index in [1.165, 1.54) is 18.3 Å². The summed E-state index contributed by atoms with van der Waals surface area (Å²) in [4.78, 5) is 28.1. The van der Waals surface area contributed by atoms with Gasteiger partial charge < -0.3 is 25.2 Å². The standard InChI is InChI=1S/C20H25N3O5/c1-14(24)12-23-20(26)18-11-16(7-8-21-18)19(25)22-9-10-28-13-15-3-5-17(27-2)6-4-15/h3-8,11,14,24H,9-10,12-13H2,1-2H3,(H,22,25)(H,23,26). The predicted molar refractivity (Wildman–Crippen MR) is 103 cm³/mol. The number of benzene rings is 1. The molecular weight excluding hydrogens is 362 g/mol. The Hall–Kier alpha value is -2.97. The van der Waals surface area contributed by atoms with Crippen LogP contribution in [0, 0.1) is 0 Å². The molecule has 0 aliphatic carbocycles. The van der Waals surface area contributed by atoms with Crippen LogP contribution in [0.3, 0.4) is 0 Å². The number of methoxy groups -OCH3 is 1. The quantitative estimate of drug-likeness (QED) is 0.528. The third-order valence-electron chi connectivity index (χ3n) is 3.77. The summed E-state index contributed by atoms with van der Waals surface area (Å²) in [6.07, 6.45) is 0.736. The van der Waals surface area contributed by atoms with E-state index in [-0.39, 0.29) is 18.1 Å². The SMILES string of the molecule is COc1ccc(COCCNC(=O)c2ccnc(C(=O)NCC(C)O)c2)cc1. The second-order valence-electron chi connectivity index (χ2n) is 6.15. The Labute approximate surface area is 163 Å². The van der Waals surface area contributed by atoms with Crippen molar-refractivity contribution in [3.63, 3.8) is 0 Å². The molecule has 0 aliphatic heterocycles. The Kier molecular flexibility index (Phi) is 8.38. The molecule has 1 heterocycles. The van der Waals surface area contributed by atoms with E-state index >= 15 is 0 Å². The fourth-order valence-electron chi connectivity index (χ4n) is 2.28. The molecule has 1 aromatic carbocycles. The van der Waals surface area contributed by atoms with Crippen LogP contribution >= 0.6 is 0 Å². The van der Waals surface area contributed by atoms with Gasteiger partial charge in [0, 0.05) is 24.8 Å². The molecule has 0 spiro atoms. The van der Waals surface area contributed by atoms with E-state index in [9.17, 15) is 14.7 Å². The van der Waals surface area contributed by atoms with E-state index in [4.69, 9.17) is 9.47 Å². The van der Waals surface area contributed by atoms with Crippen LogP contribution in [0.15, 0.2) is 42.6 Å². The normalized spacial score (nSPS) is 11.5. The zero-order valence-electron chi connectivity index (χ0n) is 16.0. The number of aliphatic hydroxyl groups excluding tert-OH is 1. The maximum atomic E-state index is 12.2. The minimum absolute atomic E-state index is 0.114. The molecule has 3 N–H and O–H groups in total. The molecule has 0 saturated carbocycles. The van der Waals surface area contributed by atoms with Gasteiger partial charge in [0.15, 0.2) is 0 Å². The van der Waals surface area contributed by atoms with E-state index in [1.54, 1.807) is 14.0 Å². The Balaban J connectivity index is 1.75. The summed E-state index contributed by atoms with van der Waals surface area (Å²) in [6.45, 7) is 2.80. The molecule has 2 aromatic rings. The van der Waals surface area contributed by atoms with Crippen LogP contribution < -0.4 is 15.4 Å². The van der Waals surface area contributed by atoms with Crippen molar-refractivity contribution in [2.24, 2.45) is 0 Å². The first-order chi connectivity index (χ1) is 13.5. The van der Waals surface area contributed by atoms with Gasteiger partial charge in [0.2, 0.25) is 0 Å². The monoisotopic (exact) mass is 387 g/mol. The zero-order chi connectivity index (χ0) is 20.4. The van der Waals surface area contributed by atoms with Crippen molar-refractivity contribution in [1.29, 1.82) is 0 Å². The number of rotatable bonds is 10. The first-order valence-electron chi connectivity index (χ1n) is 8.90. The minimum Gasteiger partial charge on any atom is -0.497 e. The molecule has 1 atom stereocenters. The topological polar surface area (TPSA) is 110 Å². The number of hydrogen-bond donors (Lipinski definition) is 3. The van der Waals surface area contributed by atoms with Gasteiger partial charge in [-0.25, -0.2) is 0 Å². The number of ether oxygens (including phenoxy) is 2. The fourth-order valence-corrected chi connectivity index (χ4v) is 2.28. The van der Waals surface area contributed by atoms with Gasteiger partial charge in [-0.1, -0.05) is 12.1 Å². The van der Waals surface area contributed by atoms with Crippen LogP contribution in [0.1, 0.15) is 33.3 Å². The summed E-state index contributed by atoms with van der Waals surface area (Å²) in [5.74, 6) is 0.0192. The lowest BCUT2D eigenvalue weighted by Crippen LogP contribution is -2.32. The van der Waals surface area contributed by atoms with E-state index in [1.807, 2.05) is 24.3 Å². The number of hydrogen-bond acceptors (Lipinski definition) is 6. The van der Waals surface area contributed by atoms with Crippen LogP contribution in [-0.2, 0) is 11.3 Å². The van der Waals surface area contributed by atoms with Gasteiger partial charge in [-0.15, -0.1) is 0 Å². The van der Waals surface area contributed by atoms with Crippen molar-refractivity contribution < 1.29 is 24.2 Å². The molecule has 0 fully saturated rings. The van der Waals surface area contributed by atoms with Crippen LogP contribution in [0.5, 0.6) is 5.75 Å². The Morgan fingerprint density at radius 1 is 1.14 bits per heavy atom. The molecule has 28 heavy (non-hydrogen) atoms. The van der Waals surface area contributed by atoms with Crippen molar-refractivity contribution in [1.82, 2.24) is 15.6 Å². The molecule has 0 aliphatic rings. The summed E-state index contributed by atoms with van der Waals surface area (Å²) >= 11 is 0. The minimum atomic E-state index is -0.659. The largest absolute Gasteiger partial charge is 0.497 e. The van der Waals surface area contributed by atoms with Gasteiger partial charge in [-0.3, -0.25) is 14.6 Å². The smallest absolute Gasteiger partial charge is 0.269 e. The molecule has 8 heteroatoms. The van der Waals surface area contributed by atoms with Crippen molar-refractivity contribution in [3.8, 4) is 5.75 Å². The molecule has 0 radical (unpaired) electrons. The Morgan fingerprint density at radius 2 is 1.89 bits per heavy atom. The number of nitrogens with zero attached hydrogens (tertiary/aromatic N) is 1. The molecule has 2 rings (SSSR count). The predicted octanol–water partition coefficient (Wildman–Crippen LogP) is 1.15. The lowest BCUT2D eigenvalue weighted by Gasteiger charge is -2.09.